The lowest BCUT2D eigenvalue weighted by Gasteiger charge is -2.14. The fraction of sp³-hybridized carbons (Fsp3) is 0.562. The van der Waals surface area contributed by atoms with Gasteiger partial charge in [0.2, 0.25) is 0 Å². The predicted molar refractivity (Wildman–Crippen MR) is 93.9 cm³/mol. The van der Waals surface area contributed by atoms with Gasteiger partial charge in [-0.1, -0.05) is 12.1 Å². The SMILES string of the molecule is CCNC(=NCc1ccc(C)cc1OCC(F)(F)F)NCCSC. The minimum absolute atomic E-state index is 0.219. The van der Waals surface area contributed by atoms with Crippen LogP contribution in [0.3, 0.4) is 0 Å². The van der Waals surface area contributed by atoms with Crippen LogP contribution in [0.5, 0.6) is 5.75 Å². The van der Waals surface area contributed by atoms with Gasteiger partial charge in [-0.2, -0.15) is 24.9 Å². The summed E-state index contributed by atoms with van der Waals surface area (Å²) in [7, 11) is 0. The predicted octanol–water partition coefficient (Wildman–Crippen LogP) is 3.35. The quantitative estimate of drug-likeness (QED) is 0.422. The summed E-state index contributed by atoms with van der Waals surface area (Å²) in [4.78, 5) is 4.41. The third kappa shape index (κ3) is 8.33. The van der Waals surface area contributed by atoms with Gasteiger partial charge in [-0.3, -0.25) is 0 Å². The van der Waals surface area contributed by atoms with E-state index < -0.39 is 12.8 Å². The normalized spacial score (nSPS) is 12.2. The highest BCUT2D eigenvalue weighted by atomic mass is 32.2. The largest absolute Gasteiger partial charge is 0.484 e. The minimum Gasteiger partial charge on any atom is -0.484 e. The van der Waals surface area contributed by atoms with E-state index in [9.17, 15) is 13.2 Å². The molecule has 0 bridgehead atoms. The second-order valence-corrected chi connectivity index (χ2v) is 6.12. The topological polar surface area (TPSA) is 45.7 Å². The number of halogens is 3. The molecule has 0 radical (unpaired) electrons. The number of ether oxygens (including phenoxy) is 1. The lowest BCUT2D eigenvalue weighted by atomic mass is 10.1. The van der Waals surface area contributed by atoms with Crippen molar-refractivity contribution < 1.29 is 17.9 Å². The Morgan fingerprint density at radius 2 is 2.04 bits per heavy atom. The van der Waals surface area contributed by atoms with Crippen LogP contribution in [0.15, 0.2) is 23.2 Å². The Labute approximate surface area is 145 Å². The second-order valence-electron chi connectivity index (χ2n) is 5.13. The molecule has 8 heteroatoms. The molecule has 0 unspecified atom stereocenters. The molecule has 136 valence electrons. The summed E-state index contributed by atoms with van der Waals surface area (Å²) in [6.07, 6.45) is -2.35. The van der Waals surface area contributed by atoms with Gasteiger partial charge in [0, 0.05) is 24.4 Å². The fourth-order valence-electron chi connectivity index (χ4n) is 1.86. The number of benzene rings is 1. The van der Waals surface area contributed by atoms with Crippen LogP contribution < -0.4 is 15.4 Å². The van der Waals surface area contributed by atoms with E-state index >= 15 is 0 Å². The number of rotatable bonds is 8. The summed E-state index contributed by atoms with van der Waals surface area (Å²) in [6.45, 7) is 4.16. The van der Waals surface area contributed by atoms with Crippen molar-refractivity contribution in [3.05, 3.63) is 29.3 Å². The Balaban J connectivity index is 2.81. The third-order valence-corrected chi connectivity index (χ3v) is 3.58. The van der Waals surface area contributed by atoms with E-state index in [-0.39, 0.29) is 12.3 Å². The molecular formula is C16H24F3N3OS. The summed E-state index contributed by atoms with van der Waals surface area (Å²) < 4.78 is 42.1. The smallest absolute Gasteiger partial charge is 0.422 e. The molecule has 0 aromatic heterocycles. The van der Waals surface area contributed by atoms with E-state index in [2.05, 4.69) is 15.6 Å². The van der Waals surface area contributed by atoms with Crippen molar-refractivity contribution in [1.82, 2.24) is 10.6 Å². The van der Waals surface area contributed by atoms with Gasteiger partial charge < -0.3 is 15.4 Å². The highest BCUT2D eigenvalue weighted by Crippen LogP contribution is 2.24. The summed E-state index contributed by atoms with van der Waals surface area (Å²) in [6, 6.07) is 5.18. The first kappa shape index (κ1) is 20.5. The molecule has 0 heterocycles. The number of nitrogens with zero attached hydrogens (tertiary/aromatic N) is 1. The summed E-state index contributed by atoms with van der Waals surface area (Å²) in [5.74, 6) is 1.79. The molecule has 0 atom stereocenters. The van der Waals surface area contributed by atoms with Gasteiger partial charge in [-0.05, 0) is 31.7 Å². The van der Waals surface area contributed by atoms with Gasteiger partial charge in [-0.25, -0.2) is 4.99 Å². The molecular weight excluding hydrogens is 339 g/mol. The Morgan fingerprint density at radius 3 is 2.67 bits per heavy atom. The first-order valence-electron chi connectivity index (χ1n) is 7.66. The van der Waals surface area contributed by atoms with Crippen LogP contribution >= 0.6 is 11.8 Å². The lowest BCUT2D eigenvalue weighted by molar-refractivity contribution is -0.153. The maximum absolute atomic E-state index is 12.4. The summed E-state index contributed by atoms with van der Waals surface area (Å²) in [5.41, 5.74) is 1.46. The van der Waals surface area contributed by atoms with Crippen molar-refractivity contribution in [2.45, 2.75) is 26.6 Å². The van der Waals surface area contributed by atoms with E-state index in [0.29, 0.717) is 18.1 Å². The van der Waals surface area contributed by atoms with E-state index in [0.717, 1.165) is 17.9 Å². The number of nitrogens with one attached hydrogen (secondary N) is 2. The molecule has 24 heavy (non-hydrogen) atoms. The maximum atomic E-state index is 12.4. The number of aliphatic imine (C=N–C) groups is 1. The molecule has 1 aromatic rings. The van der Waals surface area contributed by atoms with Gasteiger partial charge in [-0.15, -0.1) is 0 Å². The zero-order chi connectivity index (χ0) is 18.0. The van der Waals surface area contributed by atoms with E-state index in [1.165, 1.54) is 0 Å². The van der Waals surface area contributed by atoms with E-state index in [1.54, 1.807) is 23.9 Å². The second kappa shape index (κ2) is 10.3. The Kier molecular flexibility index (Phi) is 8.81. The minimum atomic E-state index is -4.36. The number of hydrogen-bond acceptors (Lipinski definition) is 3. The average molecular weight is 363 g/mol. The van der Waals surface area contributed by atoms with Gasteiger partial charge >= 0.3 is 6.18 Å². The lowest BCUT2D eigenvalue weighted by Crippen LogP contribution is -2.38. The van der Waals surface area contributed by atoms with Crippen LogP contribution in [0.4, 0.5) is 13.2 Å². The zero-order valence-corrected chi connectivity index (χ0v) is 15.0. The highest BCUT2D eigenvalue weighted by Gasteiger charge is 2.28. The number of aryl methyl sites for hydroxylation is 1. The molecule has 1 aromatic carbocycles. The van der Waals surface area contributed by atoms with Crippen LogP contribution in [-0.4, -0.2) is 43.8 Å². The zero-order valence-electron chi connectivity index (χ0n) is 14.2. The third-order valence-electron chi connectivity index (χ3n) is 2.96. The maximum Gasteiger partial charge on any atom is 0.422 e. The van der Waals surface area contributed by atoms with Gasteiger partial charge in [0.15, 0.2) is 12.6 Å². The van der Waals surface area contributed by atoms with Crippen molar-refractivity contribution >= 4 is 17.7 Å². The van der Waals surface area contributed by atoms with Gasteiger partial charge in [0.1, 0.15) is 5.75 Å². The molecule has 1 rings (SSSR count). The molecule has 0 saturated carbocycles. The van der Waals surface area contributed by atoms with Crippen molar-refractivity contribution in [2.24, 2.45) is 4.99 Å². The number of guanidine groups is 1. The molecule has 0 saturated heterocycles. The monoisotopic (exact) mass is 363 g/mol. The van der Waals surface area contributed by atoms with Gasteiger partial charge in [0.05, 0.1) is 6.54 Å². The van der Waals surface area contributed by atoms with Crippen molar-refractivity contribution in [2.75, 3.05) is 31.7 Å². The number of alkyl halides is 3. The highest BCUT2D eigenvalue weighted by molar-refractivity contribution is 7.98. The molecule has 0 amide bonds. The van der Waals surface area contributed by atoms with Crippen LogP contribution in [-0.2, 0) is 6.54 Å². The fourth-order valence-corrected chi connectivity index (χ4v) is 2.17. The first-order chi connectivity index (χ1) is 11.4. The van der Waals surface area contributed by atoms with E-state index in [1.807, 2.05) is 26.2 Å². The van der Waals surface area contributed by atoms with E-state index in [4.69, 9.17) is 4.74 Å². The molecule has 0 aliphatic carbocycles. The van der Waals surface area contributed by atoms with Crippen LogP contribution in [0.25, 0.3) is 0 Å². The Morgan fingerprint density at radius 1 is 1.29 bits per heavy atom. The molecule has 0 fully saturated rings. The Bertz CT molecular complexity index is 536. The van der Waals surface area contributed by atoms with Crippen LogP contribution in [0.1, 0.15) is 18.1 Å². The average Bonchev–Trinajstić information content (AvgIpc) is 2.51. The first-order valence-corrected chi connectivity index (χ1v) is 9.05. The molecule has 0 aliphatic heterocycles. The molecule has 0 aliphatic rings. The van der Waals surface area contributed by atoms with Crippen molar-refractivity contribution in [1.29, 1.82) is 0 Å². The summed E-state index contributed by atoms with van der Waals surface area (Å²) in [5, 5.41) is 6.28. The molecule has 2 N–H and O–H groups in total. The van der Waals surface area contributed by atoms with Gasteiger partial charge in [0.25, 0.3) is 0 Å². The van der Waals surface area contributed by atoms with Crippen molar-refractivity contribution in [3.63, 3.8) is 0 Å². The summed E-state index contributed by atoms with van der Waals surface area (Å²) >= 11 is 1.72. The standard InChI is InChI=1S/C16H24F3N3OS/c1-4-20-15(21-7-8-24-3)22-10-13-6-5-12(2)9-14(13)23-11-16(17,18)19/h5-6,9H,4,7-8,10-11H2,1-3H3,(H2,20,21,22). The Hall–Kier alpha value is -1.57. The molecule has 4 nitrogen and oxygen atoms in total. The van der Waals surface area contributed by atoms with Crippen molar-refractivity contribution in [3.8, 4) is 5.75 Å². The van der Waals surface area contributed by atoms with Crippen LogP contribution in [0.2, 0.25) is 0 Å². The number of thioether (sulfide) groups is 1. The number of hydrogen-bond donors (Lipinski definition) is 2. The van der Waals surface area contributed by atoms with Crippen LogP contribution in [0, 0.1) is 6.92 Å². The molecule has 0 spiro atoms.